The fraction of sp³-hybridized carbons (Fsp3) is 0.167. The van der Waals surface area contributed by atoms with E-state index in [1.165, 1.54) is 11.8 Å². The molecule has 0 aliphatic rings. The van der Waals surface area contributed by atoms with Crippen molar-refractivity contribution in [3.8, 4) is 5.75 Å². The maximum Gasteiger partial charge on any atom is 0.339 e. The fourth-order valence-electron chi connectivity index (χ4n) is 2.02. The molecule has 7 nitrogen and oxygen atoms in total. The average Bonchev–Trinajstić information content (AvgIpc) is 2.64. The van der Waals surface area contributed by atoms with E-state index in [0.717, 1.165) is 0 Å². The molecular formula is C18H18N2O5S. The Morgan fingerprint density at radius 1 is 1.12 bits per heavy atom. The Balaban J connectivity index is 1.97. The minimum Gasteiger partial charge on any atom is -0.497 e. The van der Waals surface area contributed by atoms with E-state index in [0.29, 0.717) is 16.3 Å². The van der Waals surface area contributed by atoms with Crippen molar-refractivity contribution in [2.45, 2.75) is 4.90 Å². The number of primary amides is 1. The first-order valence-corrected chi connectivity index (χ1v) is 8.59. The van der Waals surface area contributed by atoms with E-state index in [1.807, 2.05) is 0 Å². The number of ether oxygens (including phenoxy) is 2. The van der Waals surface area contributed by atoms with Crippen molar-refractivity contribution >= 4 is 35.2 Å². The van der Waals surface area contributed by atoms with Crippen LogP contribution in [0, 0.1) is 0 Å². The fourth-order valence-corrected chi connectivity index (χ4v) is 2.86. The van der Waals surface area contributed by atoms with Crippen LogP contribution in [0.3, 0.4) is 0 Å². The number of thioether (sulfide) groups is 1. The van der Waals surface area contributed by atoms with Gasteiger partial charge in [0.15, 0.2) is 6.61 Å². The summed E-state index contributed by atoms with van der Waals surface area (Å²) in [6.07, 6.45) is 0. The first kappa shape index (κ1) is 19.3. The van der Waals surface area contributed by atoms with Crippen LogP contribution in [0.2, 0.25) is 0 Å². The molecule has 0 saturated carbocycles. The Bertz CT molecular complexity index is 810. The number of hydrogen-bond acceptors (Lipinski definition) is 6. The Morgan fingerprint density at radius 2 is 1.88 bits per heavy atom. The van der Waals surface area contributed by atoms with E-state index in [-0.39, 0.29) is 17.2 Å². The lowest BCUT2D eigenvalue weighted by Crippen LogP contribution is -2.21. The van der Waals surface area contributed by atoms with Crippen molar-refractivity contribution in [2.75, 3.05) is 24.8 Å². The maximum absolute atomic E-state index is 12.1. The molecule has 2 rings (SSSR count). The third-order valence-electron chi connectivity index (χ3n) is 3.16. The molecule has 0 spiro atoms. The van der Waals surface area contributed by atoms with Gasteiger partial charge in [0.1, 0.15) is 5.75 Å². The van der Waals surface area contributed by atoms with Gasteiger partial charge in [-0.2, -0.15) is 0 Å². The molecule has 0 atom stereocenters. The highest BCUT2D eigenvalue weighted by Gasteiger charge is 2.15. The second-order valence-electron chi connectivity index (χ2n) is 5.11. The summed E-state index contributed by atoms with van der Waals surface area (Å²) in [6, 6.07) is 13.7. The minimum absolute atomic E-state index is 0.0946. The Labute approximate surface area is 154 Å². The van der Waals surface area contributed by atoms with Gasteiger partial charge >= 0.3 is 5.97 Å². The molecule has 0 unspecified atom stereocenters. The van der Waals surface area contributed by atoms with Gasteiger partial charge in [0.05, 0.1) is 18.4 Å². The number of nitrogens with one attached hydrogen (secondary N) is 1. The summed E-state index contributed by atoms with van der Waals surface area (Å²) in [5.74, 6) is -0.903. The zero-order valence-corrected chi connectivity index (χ0v) is 14.9. The Kier molecular flexibility index (Phi) is 7.04. The van der Waals surface area contributed by atoms with Crippen molar-refractivity contribution in [3.63, 3.8) is 0 Å². The highest BCUT2D eigenvalue weighted by atomic mass is 32.2. The molecule has 3 N–H and O–H groups in total. The predicted octanol–water partition coefficient (Wildman–Crippen LogP) is 2.07. The van der Waals surface area contributed by atoms with Crippen molar-refractivity contribution < 1.29 is 23.9 Å². The molecular weight excluding hydrogens is 356 g/mol. The van der Waals surface area contributed by atoms with E-state index in [4.69, 9.17) is 15.2 Å². The van der Waals surface area contributed by atoms with E-state index < -0.39 is 18.5 Å². The van der Waals surface area contributed by atoms with E-state index in [2.05, 4.69) is 5.32 Å². The van der Waals surface area contributed by atoms with Crippen LogP contribution in [0.15, 0.2) is 53.4 Å². The zero-order valence-electron chi connectivity index (χ0n) is 14.1. The number of hydrogen-bond donors (Lipinski definition) is 2. The number of nitrogens with two attached hydrogens (primary N) is 1. The van der Waals surface area contributed by atoms with Gasteiger partial charge in [0.25, 0.3) is 5.91 Å². The molecule has 8 heteroatoms. The molecule has 0 bridgehead atoms. The zero-order chi connectivity index (χ0) is 18.9. The van der Waals surface area contributed by atoms with Gasteiger partial charge in [-0.05, 0) is 24.3 Å². The van der Waals surface area contributed by atoms with Gasteiger partial charge in [0.2, 0.25) is 5.91 Å². The van der Waals surface area contributed by atoms with Gasteiger partial charge in [-0.3, -0.25) is 9.59 Å². The smallest absolute Gasteiger partial charge is 0.339 e. The molecule has 0 aliphatic carbocycles. The second-order valence-corrected chi connectivity index (χ2v) is 6.12. The summed E-state index contributed by atoms with van der Waals surface area (Å²) in [4.78, 5) is 35.5. The van der Waals surface area contributed by atoms with Crippen molar-refractivity contribution in [1.82, 2.24) is 0 Å². The number of anilines is 1. The molecule has 2 aromatic carbocycles. The molecule has 2 aromatic rings. The van der Waals surface area contributed by atoms with Crippen LogP contribution >= 0.6 is 11.8 Å². The molecule has 26 heavy (non-hydrogen) atoms. The molecule has 0 radical (unpaired) electrons. The summed E-state index contributed by atoms with van der Waals surface area (Å²) >= 11 is 1.19. The summed E-state index contributed by atoms with van der Waals surface area (Å²) in [5, 5.41) is 2.76. The van der Waals surface area contributed by atoms with Gasteiger partial charge in [0, 0.05) is 16.6 Å². The normalized spacial score (nSPS) is 10.0. The summed E-state index contributed by atoms with van der Waals surface area (Å²) in [6.45, 7) is -0.492. The number of amides is 2. The van der Waals surface area contributed by atoms with Crippen molar-refractivity contribution in [1.29, 1.82) is 0 Å². The highest BCUT2D eigenvalue weighted by molar-refractivity contribution is 8.00. The summed E-state index contributed by atoms with van der Waals surface area (Å²) < 4.78 is 9.92. The Morgan fingerprint density at radius 3 is 2.62 bits per heavy atom. The van der Waals surface area contributed by atoms with Crippen LogP contribution in [-0.4, -0.2) is 37.3 Å². The van der Waals surface area contributed by atoms with Gasteiger partial charge in [-0.15, -0.1) is 11.8 Å². The van der Waals surface area contributed by atoms with E-state index in [1.54, 1.807) is 55.6 Å². The molecule has 0 aromatic heterocycles. The lowest BCUT2D eigenvalue weighted by atomic mass is 10.2. The van der Waals surface area contributed by atoms with Crippen LogP contribution in [0.5, 0.6) is 5.75 Å². The molecule has 0 fully saturated rings. The SMILES string of the molecule is COc1cccc(NC(=O)CSc2ccccc2C(=O)OCC(N)=O)c1. The molecule has 2 amide bonds. The van der Waals surface area contributed by atoms with Crippen LogP contribution < -0.4 is 15.8 Å². The van der Waals surface area contributed by atoms with E-state index in [9.17, 15) is 14.4 Å². The van der Waals surface area contributed by atoms with Crippen LogP contribution in [0.25, 0.3) is 0 Å². The summed E-state index contributed by atoms with van der Waals surface area (Å²) in [7, 11) is 1.55. The van der Waals surface area contributed by atoms with Crippen LogP contribution in [0.4, 0.5) is 5.69 Å². The quantitative estimate of drug-likeness (QED) is 0.541. The highest BCUT2D eigenvalue weighted by Crippen LogP contribution is 2.24. The first-order chi connectivity index (χ1) is 12.5. The van der Waals surface area contributed by atoms with E-state index >= 15 is 0 Å². The third-order valence-corrected chi connectivity index (χ3v) is 4.24. The lowest BCUT2D eigenvalue weighted by Gasteiger charge is -2.09. The molecule has 0 aliphatic heterocycles. The van der Waals surface area contributed by atoms with Crippen LogP contribution in [0.1, 0.15) is 10.4 Å². The molecule has 0 saturated heterocycles. The summed E-state index contributed by atoms with van der Waals surface area (Å²) in [5.41, 5.74) is 5.85. The van der Waals surface area contributed by atoms with Crippen molar-refractivity contribution in [2.24, 2.45) is 5.73 Å². The number of carbonyl (C=O) groups excluding carboxylic acids is 3. The predicted molar refractivity (Wildman–Crippen MR) is 98.3 cm³/mol. The first-order valence-electron chi connectivity index (χ1n) is 7.60. The number of methoxy groups -OCH3 is 1. The largest absolute Gasteiger partial charge is 0.497 e. The van der Waals surface area contributed by atoms with Crippen molar-refractivity contribution in [3.05, 3.63) is 54.1 Å². The average molecular weight is 374 g/mol. The Hall–Kier alpha value is -3.00. The second kappa shape index (κ2) is 9.47. The monoisotopic (exact) mass is 374 g/mol. The maximum atomic E-state index is 12.1. The van der Waals surface area contributed by atoms with Gasteiger partial charge < -0.3 is 20.5 Å². The van der Waals surface area contributed by atoms with Gasteiger partial charge in [-0.1, -0.05) is 18.2 Å². The number of benzene rings is 2. The molecule has 0 heterocycles. The van der Waals surface area contributed by atoms with Crippen LogP contribution in [-0.2, 0) is 14.3 Å². The van der Waals surface area contributed by atoms with Gasteiger partial charge in [-0.25, -0.2) is 4.79 Å². The molecule has 136 valence electrons. The minimum atomic E-state index is -0.735. The number of carbonyl (C=O) groups is 3. The number of esters is 1. The standard InChI is InChI=1S/C18H18N2O5S/c1-24-13-6-4-5-12(9-13)20-17(22)11-26-15-8-3-2-7-14(15)18(23)25-10-16(19)21/h2-9H,10-11H2,1H3,(H2,19,21)(H,20,22). The lowest BCUT2D eigenvalue weighted by molar-refractivity contribution is -0.121. The third kappa shape index (κ3) is 5.82. The number of rotatable bonds is 8. The topological polar surface area (TPSA) is 108 Å².